The van der Waals surface area contributed by atoms with Crippen molar-refractivity contribution in [3.8, 4) is 0 Å². The molecule has 0 aromatic heterocycles. The monoisotopic (exact) mass is 257 g/mol. The number of unbranched alkanes of at least 4 members (excludes halogenated alkanes) is 1. The third-order valence-corrected chi connectivity index (χ3v) is 4.84. The number of thioether (sulfide) groups is 1. The lowest BCUT2D eigenvalue weighted by molar-refractivity contribution is -0.121. The van der Waals surface area contributed by atoms with Gasteiger partial charge in [-0.05, 0) is 50.7 Å². The summed E-state index contributed by atoms with van der Waals surface area (Å²) in [6.45, 7) is 6.52. The van der Waals surface area contributed by atoms with Gasteiger partial charge in [0.2, 0.25) is 5.91 Å². The van der Waals surface area contributed by atoms with Crippen molar-refractivity contribution in [2.45, 2.75) is 70.6 Å². The van der Waals surface area contributed by atoms with Crippen LogP contribution in [0.3, 0.4) is 0 Å². The molecule has 2 nitrogen and oxygen atoms in total. The Hall–Kier alpha value is -0.180. The topological polar surface area (TPSA) is 29.1 Å². The number of hydrogen-bond acceptors (Lipinski definition) is 2. The summed E-state index contributed by atoms with van der Waals surface area (Å²) in [7, 11) is 0. The fourth-order valence-electron chi connectivity index (χ4n) is 2.20. The molecule has 0 aromatic carbocycles. The Kier molecular flexibility index (Phi) is 7.02. The van der Waals surface area contributed by atoms with Gasteiger partial charge in [-0.2, -0.15) is 0 Å². The Morgan fingerprint density at radius 2 is 2.00 bits per heavy atom. The summed E-state index contributed by atoms with van der Waals surface area (Å²) in [5.74, 6) is 2.19. The van der Waals surface area contributed by atoms with E-state index in [4.69, 9.17) is 0 Å². The van der Waals surface area contributed by atoms with Crippen molar-refractivity contribution < 1.29 is 4.79 Å². The molecule has 1 rings (SSSR count). The van der Waals surface area contributed by atoms with Gasteiger partial charge in [-0.3, -0.25) is 4.79 Å². The van der Waals surface area contributed by atoms with Crippen molar-refractivity contribution in [3.63, 3.8) is 0 Å². The Morgan fingerprint density at radius 1 is 1.35 bits per heavy atom. The molecule has 1 saturated carbocycles. The minimum absolute atomic E-state index is 0.112. The van der Waals surface area contributed by atoms with Crippen LogP contribution in [0.15, 0.2) is 0 Å². The van der Waals surface area contributed by atoms with Gasteiger partial charge >= 0.3 is 0 Å². The van der Waals surface area contributed by atoms with Crippen molar-refractivity contribution in [2.75, 3.05) is 5.75 Å². The van der Waals surface area contributed by atoms with Gasteiger partial charge in [0.15, 0.2) is 0 Å². The highest BCUT2D eigenvalue weighted by atomic mass is 32.2. The molecule has 1 N–H and O–H groups in total. The molecule has 17 heavy (non-hydrogen) atoms. The number of nitrogens with one attached hydrogen (secondary N) is 1. The maximum absolute atomic E-state index is 12.0. The highest BCUT2D eigenvalue weighted by molar-refractivity contribution is 8.00. The summed E-state index contributed by atoms with van der Waals surface area (Å²) in [5.41, 5.74) is 0. The van der Waals surface area contributed by atoms with Crippen LogP contribution in [0.2, 0.25) is 0 Å². The average Bonchev–Trinajstić information content (AvgIpc) is 2.32. The van der Waals surface area contributed by atoms with E-state index in [1.54, 1.807) is 11.8 Å². The van der Waals surface area contributed by atoms with Crippen LogP contribution in [-0.4, -0.2) is 23.0 Å². The van der Waals surface area contributed by atoms with Crippen LogP contribution in [0, 0.1) is 5.92 Å². The van der Waals surface area contributed by atoms with E-state index >= 15 is 0 Å². The van der Waals surface area contributed by atoms with E-state index < -0.39 is 0 Å². The quantitative estimate of drug-likeness (QED) is 0.737. The highest BCUT2D eigenvalue weighted by Crippen LogP contribution is 2.24. The second kappa shape index (κ2) is 8.02. The summed E-state index contributed by atoms with van der Waals surface area (Å²) >= 11 is 1.79. The first-order valence-electron chi connectivity index (χ1n) is 7.05. The zero-order chi connectivity index (χ0) is 12.7. The molecule has 3 heteroatoms. The SMILES string of the molecule is CCCCSC(C)C(=O)NC1CCC(C)CC1. The van der Waals surface area contributed by atoms with Crippen LogP contribution in [0.1, 0.15) is 59.3 Å². The number of amides is 1. The van der Waals surface area contributed by atoms with Crippen LogP contribution < -0.4 is 5.32 Å². The Balaban J connectivity index is 2.19. The van der Waals surface area contributed by atoms with Gasteiger partial charge in [0.25, 0.3) is 0 Å². The molecule has 0 aliphatic heterocycles. The van der Waals surface area contributed by atoms with Crippen LogP contribution in [0.5, 0.6) is 0 Å². The second-order valence-electron chi connectivity index (χ2n) is 5.33. The van der Waals surface area contributed by atoms with Crippen molar-refractivity contribution in [2.24, 2.45) is 5.92 Å². The van der Waals surface area contributed by atoms with E-state index in [0.717, 1.165) is 11.7 Å². The first kappa shape index (κ1) is 14.9. The van der Waals surface area contributed by atoms with E-state index in [9.17, 15) is 4.79 Å². The average molecular weight is 257 g/mol. The molecule has 1 fully saturated rings. The summed E-state index contributed by atoms with van der Waals surface area (Å²) in [5, 5.41) is 3.32. The normalized spacial score (nSPS) is 26.5. The van der Waals surface area contributed by atoms with Crippen molar-refractivity contribution in [1.82, 2.24) is 5.32 Å². The summed E-state index contributed by atoms with van der Waals surface area (Å²) in [6, 6.07) is 0.438. The number of carbonyl (C=O) groups is 1. The summed E-state index contributed by atoms with van der Waals surface area (Å²) < 4.78 is 0. The number of carbonyl (C=O) groups excluding carboxylic acids is 1. The van der Waals surface area contributed by atoms with Crippen molar-refractivity contribution in [3.05, 3.63) is 0 Å². The Bertz CT molecular complexity index is 224. The molecule has 0 bridgehead atoms. The summed E-state index contributed by atoms with van der Waals surface area (Å²) in [4.78, 5) is 12.0. The van der Waals surface area contributed by atoms with Gasteiger partial charge in [0.1, 0.15) is 0 Å². The van der Waals surface area contributed by atoms with E-state index in [1.807, 2.05) is 6.92 Å². The molecule has 1 amide bonds. The van der Waals surface area contributed by atoms with E-state index in [2.05, 4.69) is 19.2 Å². The van der Waals surface area contributed by atoms with Crippen LogP contribution in [-0.2, 0) is 4.79 Å². The van der Waals surface area contributed by atoms with Crippen molar-refractivity contribution >= 4 is 17.7 Å². The maximum atomic E-state index is 12.0. The molecule has 1 atom stereocenters. The first-order chi connectivity index (χ1) is 8.13. The molecular weight excluding hydrogens is 230 g/mol. The number of hydrogen-bond donors (Lipinski definition) is 1. The number of rotatable bonds is 6. The summed E-state index contributed by atoms with van der Waals surface area (Å²) in [6.07, 6.45) is 7.29. The van der Waals surface area contributed by atoms with Crippen LogP contribution in [0.25, 0.3) is 0 Å². The lowest BCUT2D eigenvalue weighted by Gasteiger charge is -2.27. The molecule has 0 spiro atoms. The molecule has 1 unspecified atom stereocenters. The molecular formula is C14H27NOS. The van der Waals surface area contributed by atoms with E-state index in [1.165, 1.54) is 38.5 Å². The molecule has 0 heterocycles. The van der Waals surface area contributed by atoms with E-state index in [0.29, 0.717) is 6.04 Å². The van der Waals surface area contributed by atoms with Crippen molar-refractivity contribution in [1.29, 1.82) is 0 Å². The zero-order valence-corrected chi connectivity index (χ0v) is 12.3. The molecule has 1 aliphatic rings. The predicted molar refractivity (Wildman–Crippen MR) is 76.4 cm³/mol. The highest BCUT2D eigenvalue weighted by Gasteiger charge is 2.22. The molecule has 1 aliphatic carbocycles. The maximum Gasteiger partial charge on any atom is 0.233 e. The smallest absolute Gasteiger partial charge is 0.233 e. The van der Waals surface area contributed by atoms with Gasteiger partial charge in [-0.25, -0.2) is 0 Å². The van der Waals surface area contributed by atoms with Gasteiger partial charge in [0.05, 0.1) is 5.25 Å². The fraction of sp³-hybridized carbons (Fsp3) is 0.929. The lowest BCUT2D eigenvalue weighted by atomic mass is 9.87. The molecule has 0 saturated heterocycles. The Labute approximate surface area is 110 Å². The lowest BCUT2D eigenvalue weighted by Crippen LogP contribution is -2.41. The Morgan fingerprint density at radius 3 is 2.59 bits per heavy atom. The molecule has 100 valence electrons. The van der Waals surface area contributed by atoms with Gasteiger partial charge in [-0.1, -0.05) is 20.3 Å². The predicted octanol–water partition coefficient (Wildman–Crippen LogP) is 3.60. The van der Waals surface area contributed by atoms with E-state index in [-0.39, 0.29) is 11.2 Å². The largest absolute Gasteiger partial charge is 0.352 e. The fourth-order valence-corrected chi connectivity index (χ4v) is 3.23. The minimum Gasteiger partial charge on any atom is -0.352 e. The third kappa shape index (κ3) is 5.80. The standard InChI is InChI=1S/C14H27NOS/c1-4-5-10-17-12(3)14(16)15-13-8-6-11(2)7-9-13/h11-13H,4-10H2,1-3H3,(H,15,16). The van der Waals surface area contributed by atoms with Gasteiger partial charge in [0, 0.05) is 6.04 Å². The minimum atomic E-state index is 0.112. The zero-order valence-electron chi connectivity index (χ0n) is 11.5. The third-order valence-electron chi connectivity index (χ3n) is 3.60. The van der Waals surface area contributed by atoms with Gasteiger partial charge in [-0.15, -0.1) is 11.8 Å². The second-order valence-corrected chi connectivity index (χ2v) is 6.78. The van der Waals surface area contributed by atoms with Crippen LogP contribution in [0.4, 0.5) is 0 Å². The van der Waals surface area contributed by atoms with Crippen LogP contribution >= 0.6 is 11.8 Å². The van der Waals surface area contributed by atoms with Gasteiger partial charge < -0.3 is 5.32 Å². The molecule has 0 radical (unpaired) electrons. The first-order valence-corrected chi connectivity index (χ1v) is 8.10. The molecule has 0 aromatic rings.